The Morgan fingerprint density at radius 1 is 1.00 bits per heavy atom. The predicted octanol–water partition coefficient (Wildman–Crippen LogP) is 3.85. The normalized spacial score (nSPS) is 18.0. The Bertz CT molecular complexity index is 199. The van der Waals surface area contributed by atoms with Crippen LogP contribution in [-0.2, 0) is 0 Å². The molecular weight excluding hydrogens is 182 g/mol. The van der Waals surface area contributed by atoms with Gasteiger partial charge in [0, 0.05) is 18.2 Å². The van der Waals surface area contributed by atoms with Gasteiger partial charge in [-0.05, 0) is 12.8 Å². The van der Waals surface area contributed by atoms with Gasteiger partial charge in [0.15, 0.2) is 0 Å². The van der Waals surface area contributed by atoms with Crippen LogP contribution in [0, 0.1) is 17.8 Å². The lowest BCUT2D eigenvalue weighted by atomic mass is 9.92. The van der Waals surface area contributed by atoms with Gasteiger partial charge in [0.25, 0.3) is 0 Å². The van der Waals surface area contributed by atoms with E-state index in [1.807, 2.05) is 13.8 Å². The second kappa shape index (κ2) is 11.2. The minimum Gasteiger partial charge on any atom is -0.404 e. The third-order valence-corrected chi connectivity index (χ3v) is 2.57. The number of allylic oxidation sites excluding steroid dienone is 1. The molecule has 1 fully saturated rings. The fourth-order valence-corrected chi connectivity index (χ4v) is 1.81. The first-order chi connectivity index (χ1) is 7.43. The van der Waals surface area contributed by atoms with Crippen LogP contribution in [-0.4, -0.2) is 0 Å². The van der Waals surface area contributed by atoms with Crippen LogP contribution >= 0.6 is 0 Å². The van der Waals surface area contributed by atoms with Crippen molar-refractivity contribution in [2.24, 2.45) is 11.7 Å². The number of hydrogen-bond acceptors (Lipinski definition) is 1. The molecule has 0 aromatic heterocycles. The molecule has 1 rings (SSSR count). The summed E-state index contributed by atoms with van der Waals surface area (Å²) in [6, 6.07) is 0. The van der Waals surface area contributed by atoms with Crippen molar-refractivity contribution in [3.05, 3.63) is 12.3 Å². The summed E-state index contributed by atoms with van der Waals surface area (Å²) >= 11 is 0. The molecular formula is C14H25N. The molecule has 0 aromatic carbocycles. The molecule has 86 valence electrons. The van der Waals surface area contributed by atoms with Crippen LogP contribution in [0.15, 0.2) is 12.3 Å². The van der Waals surface area contributed by atoms with Crippen molar-refractivity contribution in [3.63, 3.8) is 0 Å². The monoisotopic (exact) mass is 207 g/mol. The molecule has 0 aliphatic heterocycles. The van der Waals surface area contributed by atoms with Crippen LogP contribution in [0.25, 0.3) is 0 Å². The largest absolute Gasteiger partial charge is 0.404 e. The van der Waals surface area contributed by atoms with Crippen molar-refractivity contribution in [2.75, 3.05) is 0 Å². The average molecular weight is 207 g/mol. The van der Waals surface area contributed by atoms with Crippen LogP contribution in [0.2, 0.25) is 0 Å². The summed E-state index contributed by atoms with van der Waals surface area (Å²) in [5.74, 6) is 6.89. The molecule has 0 heterocycles. The molecule has 1 heteroatoms. The van der Waals surface area contributed by atoms with Gasteiger partial charge in [0.05, 0.1) is 0 Å². The molecule has 1 saturated carbocycles. The van der Waals surface area contributed by atoms with Crippen LogP contribution in [0.1, 0.15) is 58.8 Å². The number of rotatable bonds is 0. The van der Waals surface area contributed by atoms with Crippen LogP contribution < -0.4 is 5.73 Å². The summed E-state index contributed by atoms with van der Waals surface area (Å²) in [6.07, 6.45) is 12.7. The van der Waals surface area contributed by atoms with Gasteiger partial charge in [0.1, 0.15) is 0 Å². The molecule has 0 unspecified atom stereocenters. The fourth-order valence-electron chi connectivity index (χ4n) is 1.81. The summed E-state index contributed by atoms with van der Waals surface area (Å²) in [5, 5.41) is 0. The lowest BCUT2D eigenvalue weighted by Crippen LogP contribution is -2.00. The molecule has 0 bridgehead atoms. The maximum atomic E-state index is 5.22. The topological polar surface area (TPSA) is 26.0 Å². The van der Waals surface area contributed by atoms with Crippen LogP contribution in [0.5, 0.6) is 0 Å². The maximum Gasteiger partial charge on any atom is 0.0206 e. The molecule has 0 saturated heterocycles. The van der Waals surface area contributed by atoms with Crippen molar-refractivity contribution in [3.8, 4) is 11.8 Å². The van der Waals surface area contributed by atoms with Gasteiger partial charge >= 0.3 is 0 Å². The SMILES string of the molecule is CC.N/C=C/C#CC1CCCCCCC1. The lowest BCUT2D eigenvalue weighted by molar-refractivity contribution is 0.444. The van der Waals surface area contributed by atoms with Gasteiger partial charge in [-0.2, -0.15) is 0 Å². The van der Waals surface area contributed by atoms with E-state index in [9.17, 15) is 0 Å². The van der Waals surface area contributed by atoms with E-state index >= 15 is 0 Å². The summed E-state index contributed by atoms with van der Waals surface area (Å²) in [4.78, 5) is 0. The summed E-state index contributed by atoms with van der Waals surface area (Å²) in [7, 11) is 0. The van der Waals surface area contributed by atoms with E-state index in [1.165, 1.54) is 51.1 Å². The highest BCUT2D eigenvalue weighted by molar-refractivity contribution is 5.16. The standard InChI is InChI=1S/C12H19N.C2H6/c13-11-7-6-10-12-8-4-2-1-3-5-9-12;1-2/h7,11-12H,1-5,8-9,13H2;1-2H3/b11-7+;. The highest BCUT2D eigenvalue weighted by Gasteiger charge is 2.07. The smallest absolute Gasteiger partial charge is 0.0206 e. The minimum atomic E-state index is 0.622. The molecule has 1 aliphatic rings. The molecule has 1 aliphatic carbocycles. The second-order valence-corrected chi connectivity index (χ2v) is 3.69. The Kier molecular flexibility index (Phi) is 10.5. The summed E-state index contributed by atoms with van der Waals surface area (Å²) < 4.78 is 0. The molecule has 15 heavy (non-hydrogen) atoms. The van der Waals surface area contributed by atoms with E-state index in [4.69, 9.17) is 5.73 Å². The van der Waals surface area contributed by atoms with Gasteiger partial charge < -0.3 is 5.73 Å². The molecule has 0 atom stereocenters. The van der Waals surface area contributed by atoms with Crippen molar-refractivity contribution in [1.82, 2.24) is 0 Å². The first kappa shape index (κ1) is 14.1. The lowest BCUT2D eigenvalue weighted by Gasteiger charge is -2.13. The Balaban J connectivity index is 0.000000921. The van der Waals surface area contributed by atoms with E-state index in [1.54, 1.807) is 6.08 Å². The Hall–Kier alpha value is -0.900. The van der Waals surface area contributed by atoms with Gasteiger partial charge in [-0.1, -0.05) is 57.8 Å². The van der Waals surface area contributed by atoms with E-state index < -0.39 is 0 Å². The highest BCUT2D eigenvalue weighted by Crippen LogP contribution is 2.21. The van der Waals surface area contributed by atoms with Crippen LogP contribution in [0.3, 0.4) is 0 Å². The van der Waals surface area contributed by atoms with E-state index in [-0.39, 0.29) is 0 Å². The van der Waals surface area contributed by atoms with Crippen molar-refractivity contribution >= 4 is 0 Å². The second-order valence-electron chi connectivity index (χ2n) is 3.69. The van der Waals surface area contributed by atoms with E-state index in [0.29, 0.717) is 5.92 Å². The number of hydrogen-bond donors (Lipinski definition) is 1. The molecule has 1 nitrogen and oxygen atoms in total. The van der Waals surface area contributed by atoms with Gasteiger partial charge in [0.2, 0.25) is 0 Å². The summed E-state index contributed by atoms with van der Waals surface area (Å²) in [6.45, 7) is 4.00. The maximum absolute atomic E-state index is 5.22. The van der Waals surface area contributed by atoms with Crippen LogP contribution in [0.4, 0.5) is 0 Å². The molecule has 2 N–H and O–H groups in total. The van der Waals surface area contributed by atoms with Crippen molar-refractivity contribution < 1.29 is 0 Å². The fraction of sp³-hybridized carbons (Fsp3) is 0.714. The first-order valence-corrected chi connectivity index (χ1v) is 6.31. The van der Waals surface area contributed by atoms with Gasteiger partial charge in [-0.25, -0.2) is 0 Å². The molecule has 0 radical (unpaired) electrons. The molecule has 0 amide bonds. The zero-order valence-electron chi connectivity index (χ0n) is 10.3. The Morgan fingerprint density at radius 2 is 1.53 bits per heavy atom. The minimum absolute atomic E-state index is 0.622. The molecule has 0 spiro atoms. The first-order valence-electron chi connectivity index (χ1n) is 6.31. The Morgan fingerprint density at radius 3 is 2.07 bits per heavy atom. The van der Waals surface area contributed by atoms with Gasteiger partial charge in [-0.15, -0.1) is 0 Å². The van der Waals surface area contributed by atoms with Crippen molar-refractivity contribution in [2.45, 2.75) is 58.8 Å². The highest BCUT2D eigenvalue weighted by atomic mass is 14.5. The van der Waals surface area contributed by atoms with E-state index in [2.05, 4.69) is 11.8 Å². The third kappa shape index (κ3) is 8.12. The Labute approximate surface area is 95.1 Å². The average Bonchev–Trinajstić information content (AvgIpc) is 2.24. The molecule has 0 aromatic rings. The summed E-state index contributed by atoms with van der Waals surface area (Å²) in [5.41, 5.74) is 5.22. The van der Waals surface area contributed by atoms with Crippen molar-refractivity contribution in [1.29, 1.82) is 0 Å². The quantitative estimate of drug-likeness (QED) is 0.600. The zero-order chi connectivity index (χ0) is 11.4. The third-order valence-electron chi connectivity index (χ3n) is 2.57. The zero-order valence-corrected chi connectivity index (χ0v) is 10.3. The number of nitrogens with two attached hydrogens (primary N) is 1. The predicted molar refractivity (Wildman–Crippen MR) is 68.3 cm³/mol. The van der Waals surface area contributed by atoms with E-state index in [0.717, 1.165) is 0 Å². The van der Waals surface area contributed by atoms with Gasteiger partial charge in [-0.3, -0.25) is 0 Å².